The van der Waals surface area contributed by atoms with E-state index >= 15 is 0 Å². The molecule has 102 valence electrons. The molecule has 0 fully saturated rings. The number of aryl methyl sites for hydroxylation is 1. The molecular weight excluding hydrogens is 250 g/mol. The monoisotopic (exact) mass is 267 g/mol. The van der Waals surface area contributed by atoms with E-state index in [0.717, 1.165) is 41.1 Å². The van der Waals surface area contributed by atoms with Gasteiger partial charge in [0.1, 0.15) is 5.75 Å². The lowest BCUT2D eigenvalue weighted by molar-refractivity contribution is 0.103. The van der Waals surface area contributed by atoms with Crippen LogP contribution in [0.5, 0.6) is 5.75 Å². The fourth-order valence-electron chi connectivity index (χ4n) is 2.61. The van der Waals surface area contributed by atoms with E-state index in [1.54, 1.807) is 7.11 Å². The van der Waals surface area contributed by atoms with Crippen molar-refractivity contribution < 1.29 is 9.53 Å². The summed E-state index contributed by atoms with van der Waals surface area (Å²) in [7, 11) is 1.63. The van der Waals surface area contributed by atoms with Crippen LogP contribution >= 0.6 is 0 Å². The van der Waals surface area contributed by atoms with Gasteiger partial charge in [0.2, 0.25) is 0 Å². The fourth-order valence-corrected chi connectivity index (χ4v) is 2.61. The largest absolute Gasteiger partial charge is 0.497 e. The Kier molecular flexibility index (Phi) is 3.18. The standard InChI is InChI=1S/C17H17NO2/c1-11-9-14(20-2)5-6-15(11)17(19)13-4-3-12-7-8-18-16(12)10-13/h3-6,9-10,18H,7-8H2,1-2H3. The molecule has 0 aliphatic carbocycles. The van der Waals surface area contributed by atoms with Gasteiger partial charge in [-0.2, -0.15) is 0 Å². The van der Waals surface area contributed by atoms with Crippen LogP contribution in [0.15, 0.2) is 36.4 Å². The number of hydrogen-bond donors (Lipinski definition) is 1. The summed E-state index contributed by atoms with van der Waals surface area (Å²) < 4.78 is 5.17. The number of nitrogens with one attached hydrogen (secondary N) is 1. The molecule has 0 unspecified atom stereocenters. The zero-order valence-corrected chi connectivity index (χ0v) is 11.7. The Hall–Kier alpha value is -2.29. The molecular formula is C17H17NO2. The van der Waals surface area contributed by atoms with Crippen LogP contribution in [-0.2, 0) is 6.42 Å². The molecule has 0 saturated heterocycles. The van der Waals surface area contributed by atoms with Crippen LogP contribution in [0.25, 0.3) is 0 Å². The van der Waals surface area contributed by atoms with Crippen molar-refractivity contribution in [1.29, 1.82) is 0 Å². The van der Waals surface area contributed by atoms with Gasteiger partial charge in [0.25, 0.3) is 0 Å². The Balaban J connectivity index is 1.96. The van der Waals surface area contributed by atoms with E-state index in [9.17, 15) is 4.79 Å². The van der Waals surface area contributed by atoms with Crippen molar-refractivity contribution in [1.82, 2.24) is 0 Å². The summed E-state index contributed by atoms with van der Waals surface area (Å²) in [6.07, 6.45) is 1.03. The Morgan fingerprint density at radius 2 is 2.05 bits per heavy atom. The third-order valence-electron chi connectivity index (χ3n) is 3.76. The van der Waals surface area contributed by atoms with Gasteiger partial charge in [-0.1, -0.05) is 12.1 Å². The number of carbonyl (C=O) groups excluding carboxylic acids is 1. The van der Waals surface area contributed by atoms with Gasteiger partial charge >= 0.3 is 0 Å². The smallest absolute Gasteiger partial charge is 0.193 e. The second-order valence-electron chi connectivity index (χ2n) is 5.06. The second-order valence-corrected chi connectivity index (χ2v) is 5.06. The molecule has 0 amide bonds. The van der Waals surface area contributed by atoms with Gasteiger partial charge in [0.05, 0.1) is 7.11 Å². The summed E-state index contributed by atoms with van der Waals surface area (Å²) >= 11 is 0. The number of carbonyl (C=O) groups is 1. The molecule has 0 spiro atoms. The first kappa shape index (κ1) is 12.7. The predicted molar refractivity (Wildman–Crippen MR) is 79.8 cm³/mol. The third-order valence-corrected chi connectivity index (χ3v) is 3.76. The highest BCUT2D eigenvalue weighted by molar-refractivity contribution is 6.10. The summed E-state index contributed by atoms with van der Waals surface area (Å²) in [5, 5.41) is 3.31. The molecule has 3 heteroatoms. The molecule has 1 aliphatic heterocycles. The zero-order chi connectivity index (χ0) is 14.1. The number of ketones is 1. The summed E-state index contributed by atoms with van der Waals surface area (Å²) in [5.74, 6) is 0.830. The molecule has 0 bridgehead atoms. The lowest BCUT2D eigenvalue weighted by Gasteiger charge is -2.08. The highest BCUT2D eigenvalue weighted by Gasteiger charge is 2.16. The minimum Gasteiger partial charge on any atom is -0.497 e. The highest BCUT2D eigenvalue weighted by Crippen LogP contribution is 2.26. The normalized spacial score (nSPS) is 12.7. The van der Waals surface area contributed by atoms with E-state index < -0.39 is 0 Å². The van der Waals surface area contributed by atoms with E-state index in [4.69, 9.17) is 4.74 Å². The molecule has 3 nitrogen and oxygen atoms in total. The average molecular weight is 267 g/mol. The first-order chi connectivity index (χ1) is 9.69. The fraction of sp³-hybridized carbons (Fsp3) is 0.235. The molecule has 1 N–H and O–H groups in total. The van der Waals surface area contributed by atoms with Crippen LogP contribution in [0.2, 0.25) is 0 Å². The van der Waals surface area contributed by atoms with E-state index in [0.29, 0.717) is 0 Å². The lowest BCUT2D eigenvalue weighted by atomic mass is 9.97. The minimum absolute atomic E-state index is 0.0571. The number of ether oxygens (including phenoxy) is 1. The zero-order valence-electron chi connectivity index (χ0n) is 11.7. The van der Waals surface area contributed by atoms with Crippen LogP contribution in [-0.4, -0.2) is 19.4 Å². The van der Waals surface area contributed by atoms with Crippen molar-refractivity contribution in [3.05, 3.63) is 58.7 Å². The molecule has 0 aromatic heterocycles. The molecule has 2 aromatic rings. The van der Waals surface area contributed by atoms with E-state index in [-0.39, 0.29) is 5.78 Å². The van der Waals surface area contributed by atoms with Gasteiger partial charge < -0.3 is 10.1 Å². The number of methoxy groups -OCH3 is 1. The molecule has 3 rings (SSSR count). The third kappa shape index (κ3) is 2.16. The number of benzene rings is 2. The summed E-state index contributed by atoms with van der Waals surface area (Å²) in [5.41, 5.74) is 4.76. The number of rotatable bonds is 3. The molecule has 2 aromatic carbocycles. The Labute approximate surface area is 118 Å². The van der Waals surface area contributed by atoms with E-state index in [1.807, 2.05) is 43.3 Å². The van der Waals surface area contributed by atoms with Gasteiger partial charge in [0.15, 0.2) is 5.78 Å². The summed E-state index contributed by atoms with van der Waals surface area (Å²) in [6.45, 7) is 2.88. The highest BCUT2D eigenvalue weighted by atomic mass is 16.5. The van der Waals surface area contributed by atoms with Gasteiger partial charge in [-0.15, -0.1) is 0 Å². The van der Waals surface area contributed by atoms with Crippen LogP contribution in [0.1, 0.15) is 27.0 Å². The van der Waals surface area contributed by atoms with Gasteiger partial charge in [-0.05, 0) is 48.7 Å². The number of fused-ring (bicyclic) bond motifs is 1. The topological polar surface area (TPSA) is 38.3 Å². The minimum atomic E-state index is 0.0571. The van der Waals surface area contributed by atoms with Crippen LogP contribution < -0.4 is 10.1 Å². The number of hydrogen-bond acceptors (Lipinski definition) is 3. The first-order valence-electron chi connectivity index (χ1n) is 6.75. The molecule has 0 atom stereocenters. The summed E-state index contributed by atoms with van der Waals surface area (Å²) in [4.78, 5) is 12.6. The second kappa shape index (κ2) is 5.00. The predicted octanol–water partition coefficient (Wildman–Crippen LogP) is 3.20. The Morgan fingerprint density at radius 3 is 2.80 bits per heavy atom. The SMILES string of the molecule is COc1ccc(C(=O)c2ccc3c(c2)NCC3)c(C)c1. The van der Waals surface area contributed by atoms with Crippen molar-refractivity contribution in [2.24, 2.45) is 0 Å². The van der Waals surface area contributed by atoms with E-state index in [1.165, 1.54) is 5.56 Å². The van der Waals surface area contributed by atoms with Crippen LogP contribution in [0, 0.1) is 6.92 Å². The van der Waals surface area contributed by atoms with Crippen LogP contribution in [0.3, 0.4) is 0 Å². The molecule has 20 heavy (non-hydrogen) atoms. The van der Waals surface area contributed by atoms with Gasteiger partial charge in [-0.3, -0.25) is 4.79 Å². The Bertz CT molecular complexity index is 677. The molecule has 0 saturated carbocycles. The maximum atomic E-state index is 12.6. The van der Waals surface area contributed by atoms with Crippen LogP contribution in [0.4, 0.5) is 5.69 Å². The van der Waals surface area contributed by atoms with Crippen molar-refractivity contribution in [3.63, 3.8) is 0 Å². The first-order valence-corrected chi connectivity index (χ1v) is 6.75. The molecule has 0 radical (unpaired) electrons. The molecule has 1 aliphatic rings. The average Bonchev–Trinajstić information content (AvgIpc) is 2.93. The van der Waals surface area contributed by atoms with Crippen molar-refractivity contribution in [2.45, 2.75) is 13.3 Å². The van der Waals surface area contributed by atoms with Gasteiger partial charge in [0, 0.05) is 23.4 Å². The maximum absolute atomic E-state index is 12.6. The summed E-state index contributed by atoms with van der Waals surface area (Å²) in [6, 6.07) is 11.5. The van der Waals surface area contributed by atoms with E-state index in [2.05, 4.69) is 5.32 Å². The molecule has 1 heterocycles. The van der Waals surface area contributed by atoms with Crippen molar-refractivity contribution >= 4 is 11.5 Å². The quantitative estimate of drug-likeness (QED) is 0.868. The number of anilines is 1. The lowest BCUT2D eigenvalue weighted by Crippen LogP contribution is -2.04. The van der Waals surface area contributed by atoms with Crippen molar-refractivity contribution in [2.75, 3.05) is 19.0 Å². The maximum Gasteiger partial charge on any atom is 0.193 e. The van der Waals surface area contributed by atoms with Gasteiger partial charge in [-0.25, -0.2) is 0 Å². The van der Waals surface area contributed by atoms with Crippen molar-refractivity contribution in [3.8, 4) is 5.75 Å². The Morgan fingerprint density at radius 1 is 1.20 bits per heavy atom.